The molecule has 0 radical (unpaired) electrons. The number of rotatable bonds is 8. The summed E-state index contributed by atoms with van der Waals surface area (Å²) in [6, 6.07) is 16.6. The molecule has 4 aromatic rings. The van der Waals surface area contributed by atoms with Gasteiger partial charge in [-0.25, -0.2) is 4.98 Å². The highest BCUT2D eigenvalue weighted by molar-refractivity contribution is 7.12. The molecule has 2 heterocycles. The van der Waals surface area contributed by atoms with E-state index in [0.717, 1.165) is 22.7 Å². The lowest BCUT2D eigenvalue weighted by Crippen LogP contribution is -2.21. The second-order valence-corrected chi connectivity index (χ2v) is 7.68. The monoisotopic (exact) mass is 450 g/mol. The van der Waals surface area contributed by atoms with E-state index < -0.39 is 0 Å². The van der Waals surface area contributed by atoms with Crippen LogP contribution in [-0.4, -0.2) is 41.5 Å². The van der Waals surface area contributed by atoms with Gasteiger partial charge in [-0.15, -0.1) is 11.3 Å². The maximum atomic E-state index is 12.5. The number of hydrogen-bond donors (Lipinski definition) is 1. The minimum Gasteiger partial charge on any atom is -0.497 e. The number of nitrogens with one attached hydrogen (secondary N) is 1. The maximum absolute atomic E-state index is 12.5. The molecule has 8 nitrogen and oxygen atoms in total. The fraction of sp³-hybridized carbons (Fsp3) is 0.174. The molecule has 0 aliphatic heterocycles. The third kappa shape index (κ3) is 4.89. The summed E-state index contributed by atoms with van der Waals surface area (Å²) in [6.45, 7) is 1.71. The fourth-order valence-electron chi connectivity index (χ4n) is 3.03. The summed E-state index contributed by atoms with van der Waals surface area (Å²) >= 11 is 1.43. The van der Waals surface area contributed by atoms with Crippen LogP contribution in [0.4, 0.5) is 5.82 Å². The molecule has 0 atom stereocenters. The number of carbonyl (C=O) groups excluding carboxylic acids is 1. The predicted octanol–water partition coefficient (Wildman–Crippen LogP) is 4.34. The van der Waals surface area contributed by atoms with Crippen LogP contribution >= 0.6 is 11.3 Å². The number of thiazole rings is 1. The summed E-state index contributed by atoms with van der Waals surface area (Å²) in [7, 11) is 3.21. The Morgan fingerprint density at radius 3 is 2.53 bits per heavy atom. The number of hydrogen-bond acceptors (Lipinski definition) is 7. The number of benzene rings is 2. The maximum Gasteiger partial charge on any atom is 0.263 e. The van der Waals surface area contributed by atoms with Gasteiger partial charge in [0.15, 0.2) is 6.61 Å². The van der Waals surface area contributed by atoms with Crippen molar-refractivity contribution in [3.05, 3.63) is 65.7 Å². The van der Waals surface area contributed by atoms with E-state index in [1.807, 2.05) is 42.6 Å². The molecule has 4 rings (SSSR count). The third-order valence-corrected chi connectivity index (χ3v) is 5.37. The molecule has 0 spiro atoms. The van der Waals surface area contributed by atoms with E-state index in [0.29, 0.717) is 22.4 Å². The molecule has 0 unspecified atom stereocenters. The van der Waals surface area contributed by atoms with Crippen molar-refractivity contribution in [2.24, 2.45) is 0 Å². The summed E-state index contributed by atoms with van der Waals surface area (Å²) in [5.41, 5.74) is 2.50. The summed E-state index contributed by atoms with van der Waals surface area (Å²) in [4.78, 5) is 17.2. The van der Waals surface area contributed by atoms with Crippen LogP contribution in [0.5, 0.6) is 17.2 Å². The van der Waals surface area contributed by atoms with Crippen molar-refractivity contribution >= 4 is 23.1 Å². The first-order valence-electron chi connectivity index (χ1n) is 9.79. The highest BCUT2D eigenvalue weighted by atomic mass is 32.1. The number of anilines is 1. The molecule has 0 saturated carbocycles. The Labute approximate surface area is 189 Å². The van der Waals surface area contributed by atoms with Gasteiger partial charge in [0, 0.05) is 23.1 Å². The van der Waals surface area contributed by atoms with Gasteiger partial charge in [-0.2, -0.15) is 9.78 Å². The molecule has 32 heavy (non-hydrogen) atoms. The van der Waals surface area contributed by atoms with Crippen LogP contribution < -0.4 is 19.5 Å². The van der Waals surface area contributed by atoms with Crippen molar-refractivity contribution in [3.63, 3.8) is 0 Å². The van der Waals surface area contributed by atoms with Gasteiger partial charge in [0.25, 0.3) is 5.91 Å². The van der Waals surface area contributed by atoms with E-state index in [2.05, 4.69) is 15.4 Å². The highest BCUT2D eigenvalue weighted by Gasteiger charge is 2.15. The zero-order valence-corrected chi connectivity index (χ0v) is 18.7. The number of amides is 1. The summed E-state index contributed by atoms with van der Waals surface area (Å²) in [6.07, 6.45) is 0. The van der Waals surface area contributed by atoms with E-state index >= 15 is 0 Å². The first kappa shape index (κ1) is 21.4. The Morgan fingerprint density at radius 2 is 1.75 bits per heavy atom. The van der Waals surface area contributed by atoms with E-state index in [9.17, 15) is 4.79 Å². The molecule has 0 fully saturated rings. The van der Waals surface area contributed by atoms with E-state index in [-0.39, 0.29) is 12.5 Å². The summed E-state index contributed by atoms with van der Waals surface area (Å²) < 4.78 is 17.7. The number of ether oxygens (including phenoxy) is 3. The topological polar surface area (TPSA) is 87.5 Å². The van der Waals surface area contributed by atoms with E-state index in [1.165, 1.54) is 11.3 Å². The quantitative estimate of drug-likeness (QED) is 0.430. The molecular weight excluding hydrogens is 428 g/mol. The van der Waals surface area contributed by atoms with Gasteiger partial charge >= 0.3 is 0 Å². The highest BCUT2D eigenvalue weighted by Crippen LogP contribution is 2.28. The lowest BCUT2D eigenvalue weighted by Gasteiger charge is -2.09. The van der Waals surface area contributed by atoms with Crippen molar-refractivity contribution in [3.8, 4) is 33.6 Å². The van der Waals surface area contributed by atoms with Crippen molar-refractivity contribution < 1.29 is 19.0 Å². The number of carbonyl (C=O) groups is 1. The van der Waals surface area contributed by atoms with Crippen LogP contribution in [0, 0.1) is 6.92 Å². The Morgan fingerprint density at radius 1 is 1.03 bits per heavy atom. The molecule has 9 heteroatoms. The normalized spacial score (nSPS) is 10.6. The lowest BCUT2D eigenvalue weighted by molar-refractivity contribution is -0.118. The second-order valence-electron chi connectivity index (χ2n) is 6.85. The molecular formula is C23H22N4O4S. The Bertz CT molecular complexity index is 1230. The molecule has 2 aromatic carbocycles. The summed E-state index contributed by atoms with van der Waals surface area (Å²) in [5, 5.41) is 9.91. The van der Waals surface area contributed by atoms with E-state index in [4.69, 9.17) is 14.2 Å². The predicted molar refractivity (Wildman–Crippen MR) is 123 cm³/mol. The Kier molecular flexibility index (Phi) is 6.37. The van der Waals surface area contributed by atoms with Gasteiger partial charge in [0.2, 0.25) is 5.13 Å². The first-order chi connectivity index (χ1) is 15.6. The lowest BCUT2D eigenvalue weighted by atomic mass is 10.2. The zero-order valence-electron chi connectivity index (χ0n) is 17.9. The van der Waals surface area contributed by atoms with Crippen LogP contribution in [0.1, 0.15) is 5.69 Å². The van der Waals surface area contributed by atoms with Crippen molar-refractivity contribution in [1.29, 1.82) is 0 Å². The average Bonchev–Trinajstić information content (AvgIpc) is 3.44. The molecule has 2 aromatic heterocycles. The molecule has 0 saturated heterocycles. The van der Waals surface area contributed by atoms with Crippen LogP contribution in [0.2, 0.25) is 0 Å². The second kappa shape index (κ2) is 9.52. The third-order valence-electron chi connectivity index (χ3n) is 4.55. The zero-order chi connectivity index (χ0) is 22.5. The van der Waals surface area contributed by atoms with Gasteiger partial charge in [0.1, 0.15) is 23.1 Å². The molecule has 1 N–H and O–H groups in total. The van der Waals surface area contributed by atoms with Gasteiger partial charge < -0.3 is 19.5 Å². The Hall–Kier alpha value is -3.85. The van der Waals surface area contributed by atoms with Gasteiger partial charge in [-0.05, 0) is 31.2 Å². The number of nitrogens with zero attached hydrogens (tertiary/aromatic N) is 3. The van der Waals surface area contributed by atoms with Crippen LogP contribution in [0.25, 0.3) is 16.4 Å². The van der Waals surface area contributed by atoms with Crippen LogP contribution in [0.3, 0.4) is 0 Å². The van der Waals surface area contributed by atoms with Gasteiger partial charge in [-0.3, -0.25) is 4.79 Å². The van der Waals surface area contributed by atoms with Crippen LogP contribution in [-0.2, 0) is 4.79 Å². The standard InChI is InChI=1S/C23H22N4O4S/c1-15-10-21(25-22(28)13-31-19-9-5-8-18(12-19)30-3)27(26-15)23-24-20(14-32-23)16-6-4-7-17(11-16)29-2/h4-12,14H,13H2,1-3H3,(H,25,28). The van der Waals surface area contributed by atoms with Crippen molar-refractivity contribution in [1.82, 2.24) is 14.8 Å². The molecule has 0 aliphatic rings. The number of aromatic nitrogens is 3. The van der Waals surface area contributed by atoms with Gasteiger partial charge in [0.05, 0.1) is 25.6 Å². The minimum absolute atomic E-state index is 0.148. The van der Waals surface area contributed by atoms with Gasteiger partial charge in [-0.1, -0.05) is 18.2 Å². The molecule has 0 bridgehead atoms. The smallest absolute Gasteiger partial charge is 0.263 e. The van der Waals surface area contributed by atoms with Crippen LogP contribution in [0.15, 0.2) is 60.0 Å². The fourth-order valence-corrected chi connectivity index (χ4v) is 3.83. The minimum atomic E-state index is -0.307. The summed E-state index contributed by atoms with van der Waals surface area (Å²) in [5.74, 6) is 2.18. The molecule has 164 valence electrons. The van der Waals surface area contributed by atoms with Crippen molar-refractivity contribution in [2.45, 2.75) is 6.92 Å². The van der Waals surface area contributed by atoms with Crippen molar-refractivity contribution in [2.75, 3.05) is 26.1 Å². The number of methoxy groups -OCH3 is 2. The first-order valence-corrected chi connectivity index (χ1v) is 10.7. The SMILES string of the molecule is COc1cccc(OCC(=O)Nc2cc(C)nn2-c2nc(-c3cccc(OC)c3)cs2)c1. The molecule has 0 aliphatic carbocycles. The average molecular weight is 451 g/mol. The largest absolute Gasteiger partial charge is 0.497 e. The van der Waals surface area contributed by atoms with E-state index in [1.54, 1.807) is 43.2 Å². The molecule has 1 amide bonds. The Balaban J connectivity index is 1.48. The number of aryl methyl sites for hydroxylation is 1.